The average Bonchev–Trinajstić information content (AvgIpc) is 3.34. The van der Waals surface area contributed by atoms with Crippen molar-refractivity contribution in [2.45, 2.75) is 46.2 Å². The van der Waals surface area contributed by atoms with Gasteiger partial charge in [-0.05, 0) is 43.5 Å². The van der Waals surface area contributed by atoms with E-state index in [1.165, 1.54) is 11.1 Å². The average molecular weight is 417 g/mol. The van der Waals surface area contributed by atoms with Crippen LogP contribution in [0.2, 0.25) is 0 Å². The van der Waals surface area contributed by atoms with Crippen molar-refractivity contribution in [1.29, 1.82) is 0 Å². The Morgan fingerprint density at radius 1 is 0.968 bits per heavy atom. The molecule has 1 aliphatic heterocycles. The summed E-state index contributed by atoms with van der Waals surface area (Å²) in [6.07, 6.45) is 1.37. The third-order valence-electron chi connectivity index (χ3n) is 5.86. The Balaban J connectivity index is 1.24. The molecule has 6 heteroatoms. The molecule has 2 amide bonds. The molecule has 0 spiro atoms. The maximum Gasteiger partial charge on any atom is 0.224 e. The molecule has 3 aromatic rings. The molecule has 1 aromatic heterocycles. The standard InChI is InChI=1S/C25H28N4O2/c1-18-23(19(2)29(27-18)22-11-4-3-5-12-22)15-24(30)26-14-8-13-25(31)28-16-20-9-6-7-10-21(20)17-28/h3-7,9-12H,8,13-17H2,1-2H3,(H,26,30). The Hall–Kier alpha value is -3.41. The first-order valence-electron chi connectivity index (χ1n) is 10.7. The Morgan fingerprint density at radius 2 is 1.61 bits per heavy atom. The van der Waals surface area contributed by atoms with Crippen LogP contribution in [-0.2, 0) is 29.1 Å². The van der Waals surface area contributed by atoms with Crippen molar-refractivity contribution in [3.05, 3.63) is 82.7 Å². The minimum absolute atomic E-state index is 0.0418. The summed E-state index contributed by atoms with van der Waals surface area (Å²) in [5, 5.41) is 7.55. The van der Waals surface area contributed by atoms with Crippen molar-refractivity contribution in [2.24, 2.45) is 0 Å². The van der Waals surface area contributed by atoms with E-state index < -0.39 is 0 Å². The molecule has 0 saturated carbocycles. The van der Waals surface area contributed by atoms with E-state index in [0.29, 0.717) is 38.9 Å². The zero-order chi connectivity index (χ0) is 21.8. The number of nitrogens with one attached hydrogen (secondary N) is 1. The SMILES string of the molecule is Cc1nn(-c2ccccc2)c(C)c1CC(=O)NCCCC(=O)N1Cc2ccccc2C1. The van der Waals surface area contributed by atoms with Crippen LogP contribution in [0.15, 0.2) is 54.6 Å². The molecule has 0 aliphatic carbocycles. The number of benzene rings is 2. The topological polar surface area (TPSA) is 67.2 Å². The molecule has 160 valence electrons. The van der Waals surface area contributed by atoms with E-state index in [0.717, 1.165) is 22.6 Å². The van der Waals surface area contributed by atoms with Gasteiger partial charge < -0.3 is 10.2 Å². The number of aryl methyl sites for hydroxylation is 1. The Bertz CT molecular complexity index is 1060. The molecule has 0 radical (unpaired) electrons. The highest BCUT2D eigenvalue weighted by atomic mass is 16.2. The number of hydrogen-bond donors (Lipinski definition) is 1. The molecule has 6 nitrogen and oxygen atoms in total. The highest BCUT2D eigenvalue weighted by Crippen LogP contribution is 2.23. The normalized spacial score (nSPS) is 12.6. The summed E-state index contributed by atoms with van der Waals surface area (Å²) in [6, 6.07) is 18.1. The monoisotopic (exact) mass is 416 g/mol. The summed E-state index contributed by atoms with van der Waals surface area (Å²) in [5.41, 5.74) is 6.23. The number of fused-ring (bicyclic) bond motifs is 1. The van der Waals surface area contributed by atoms with Gasteiger partial charge in [-0.15, -0.1) is 0 Å². The van der Waals surface area contributed by atoms with Crippen molar-refractivity contribution in [1.82, 2.24) is 20.0 Å². The van der Waals surface area contributed by atoms with Gasteiger partial charge in [0.25, 0.3) is 0 Å². The summed E-state index contributed by atoms with van der Waals surface area (Å²) < 4.78 is 1.88. The predicted molar refractivity (Wildman–Crippen MR) is 120 cm³/mol. The number of carbonyl (C=O) groups is 2. The van der Waals surface area contributed by atoms with Gasteiger partial charge >= 0.3 is 0 Å². The summed E-state index contributed by atoms with van der Waals surface area (Å²) in [6.45, 7) is 5.79. The molecule has 0 fully saturated rings. The molecular formula is C25H28N4O2. The number of nitrogens with zero attached hydrogens (tertiary/aromatic N) is 3. The number of amides is 2. The fourth-order valence-electron chi connectivity index (χ4n) is 4.11. The number of hydrogen-bond acceptors (Lipinski definition) is 3. The van der Waals surface area contributed by atoms with Gasteiger partial charge in [-0.25, -0.2) is 4.68 Å². The maximum absolute atomic E-state index is 12.5. The van der Waals surface area contributed by atoms with Gasteiger partial charge in [0.1, 0.15) is 0 Å². The van der Waals surface area contributed by atoms with Gasteiger partial charge in [-0.1, -0.05) is 42.5 Å². The third kappa shape index (κ3) is 4.68. The third-order valence-corrected chi connectivity index (χ3v) is 5.86. The first-order chi connectivity index (χ1) is 15.0. The van der Waals surface area contributed by atoms with Crippen LogP contribution in [0.4, 0.5) is 0 Å². The molecule has 4 rings (SSSR count). The molecule has 2 heterocycles. The second kappa shape index (κ2) is 9.16. The molecule has 0 bridgehead atoms. The van der Waals surface area contributed by atoms with Gasteiger partial charge in [-0.3, -0.25) is 9.59 Å². The van der Waals surface area contributed by atoms with E-state index in [1.54, 1.807) is 0 Å². The summed E-state index contributed by atoms with van der Waals surface area (Å²) >= 11 is 0. The van der Waals surface area contributed by atoms with Crippen molar-refractivity contribution in [2.75, 3.05) is 6.54 Å². The molecule has 2 aromatic carbocycles. The lowest BCUT2D eigenvalue weighted by molar-refractivity contribution is -0.132. The first-order valence-corrected chi connectivity index (χ1v) is 10.7. The van der Waals surface area contributed by atoms with Crippen LogP contribution in [0.3, 0.4) is 0 Å². The highest BCUT2D eigenvalue weighted by molar-refractivity contribution is 5.79. The van der Waals surface area contributed by atoms with Gasteiger partial charge in [0.2, 0.25) is 11.8 Å². The molecule has 1 aliphatic rings. The van der Waals surface area contributed by atoms with Crippen molar-refractivity contribution >= 4 is 11.8 Å². The Morgan fingerprint density at radius 3 is 2.29 bits per heavy atom. The maximum atomic E-state index is 12.5. The number of para-hydroxylation sites is 1. The van der Waals surface area contributed by atoms with Gasteiger partial charge in [0.15, 0.2) is 0 Å². The quantitative estimate of drug-likeness (QED) is 0.600. The van der Waals surface area contributed by atoms with Crippen LogP contribution < -0.4 is 5.32 Å². The fraction of sp³-hybridized carbons (Fsp3) is 0.320. The van der Waals surface area contributed by atoms with Crippen LogP contribution in [0.5, 0.6) is 0 Å². The molecular weight excluding hydrogens is 388 g/mol. The van der Waals surface area contributed by atoms with Crippen LogP contribution in [-0.4, -0.2) is 33.0 Å². The summed E-state index contributed by atoms with van der Waals surface area (Å²) in [7, 11) is 0. The van der Waals surface area contributed by atoms with E-state index in [9.17, 15) is 9.59 Å². The van der Waals surface area contributed by atoms with Crippen LogP contribution in [0.1, 0.15) is 40.9 Å². The van der Waals surface area contributed by atoms with E-state index in [2.05, 4.69) is 22.5 Å². The molecule has 1 N–H and O–H groups in total. The highest BCUT2D eigenvalue weighted by Gasteiger charge is 2.22. The number of aromatic nitrogens is 2. The van der Waals surface area contributed by atoms with E-state index in [1.807, 2.05) is 65.9 Å². The molecule has 0 unspecified atom stereocenters. The predicted octanol–water partition coefficient (Wildman–Crippen LogP) is 3.47. The van der Waals surface area contributed by atoms with E-state index >= 15 is 0 Å². The second-order valence-corrected chi connectivity index (χ2v) is 8.05. The van der Waals surface area contributed by atoms with Crippen LogP contribution in [0, 0.1) is 13.8 Å². The largest absolute Gasteiger partial charge is 0.356 e. The Kier molecular flexibility index (Phi) is 6.16. The van der Waals surface area contributed by atoms with Crippen LogP contribution in [0.25, 0.3) is 5.69 Å². The van der Waals surface area contributed by atoms with Gasteiger partial charge in [0.05, 0.1) is 17.8 Å². The van der Waals surface area contributed by atoms with Crippen molar-refractivity contribution in [3.63, 3.8) is 0 Å². The smallest absolute Gasteiger partial charge is 0.224 e. The number of rotatable bonds is 7. The minimum atomic E-state index is -0.0418. The Labute approximate surface area is 182 Å². The van der Waals surface area contributed by atoms with E-state index in [-0.39, 0.29) is 11.8 Å². The minimum Gasteiger partial charge on any atom is -0.356 e. The summed E-state index contributed by atoms with van der Waals surface area (Å²) in [5.74, 6) is 0.0983. The van der Waals surface area contributed by atoms with Gasteiger partial charge in [-0.2, -0.15) is 5.10 Å². The van der Waals surface area contributed by atoms with Crippen molar-refractivity contribution in [3.8, 4) is 5.69 Å². The summed E-state index contributed by atoms with van der Waals surface area (Å²) in [4.78, 5) is 26.8. The van der Waals surface area contributed by atoms with Gasteiger partial charge in [0, 0.05) is 37.3 Å². The van der Waals surface area contributed by atoms with Crippen LogP contribution >= 0.6 is 0 Å². The zero-order valence-corrected chi connectivity index (χ0v) is 18.1. The zero-order valence-electron chi connectivity index (χ0n) is 18.1. The second-order valence-electron chi connectivity index (χ2n) is 8.05. The molecule has 31 heavy (non-hydrogen) atoms. The first kappa shape index (κ1) is 20.8. The molecule has 0 saturated heterocycles. The lowest BCUT2D eigenvalue weighted by Gasteiger charge is -2.15. The molecule has 0 atom stereocenters. The number of carbonyl (C=O) groups excluding carboxylic acids is 2. The van der Waals surface area contributed by atoms with E-state index in [4.69, 9.17) is 0 Å². The lowest BCUT2D eigenvalue weighted by atomic mass is 10.1. The van der Waals surface area contributed by atoms with Crippen molar-refractivity contribution < 1.29 is 9.59 Å². The lowest BCUT2D eigenvalue weighted by Crippen LogP contribution is -2.29. The fourth-order valence-corrected chi connectivity index (χ4v) is 4.11.